The third-order valence-corrected chi connectivity index (χ3v) is 4.51. The molecule has 21 heavy (non-hydrogen) atoms. The standard InChI is InChI=1S/C17H25N3.HI/c1-18-17(19-15-9-5-6-10-15)20-16-12-14(16)11-13-7-3-2-4-8-13;/h2-4,7-8,14-16H,5-6,9-12H2,1H3,(H2,18,19,20);1H. The van der Waals surface area contributed by atoms with E-state index < -0.39 is 0 Å². The van der Waals surface area contributed by atoms with Crippen LogP contribution in [0.1, 0.15) is 37.7 Å². The zero-order chi connectivity index (χ0) is 13.8. The molecule has 2 N–H and O–H groups in total. The molecule has 3 rings (SSSR count). The molecule has 1 aromatic carbocycles. The summed E-state index contributed by atoms with van der Waals surface area (Å²) >= 11 is 0. The fraction of sp³-hybridized carbons (Fsp3) is 0.588. The first kappa shape index (κ1) is 16.6. The number of hydrogen-bond acceptors (Lipinski definition) is 1. The van der Waals surface area contributed by atoms with Gasteiger partial charge in [0.15, 0.2) is 5.96 Å². The van der Waals surface area contributed by atoms with Crippen LogP contribution in [0.15, 0.2) is 35.3 Å². The second kappa shape index (κ2) is 8.01. The Labute approximate surface area is 145 Å². The van der Waals surface area contributed by atoms with Crippen LogP contribution in [0.5, 0.6) is 0 Å². The van der Waals surface area contributed by atoms with E-state index in [2.05, 4.69) is 46.0 Å². The maximum Gasteiger partial charge on any atom is 0.191 e. The van der Waals surface area contributed by atoms with E-state index in [0.29, 0.717) is 12.1 Å². The van der Waals surface area contributed by atoms with Crippen molar-refractivity contribution >= 4 is 29.9 Å². The Morgan fingerprint density at radius 2 is 1.86 bits per heavy atom. The van der Waals surface area contributed by atoms with Crippen molar-refractivity contribution in [1.29, 1.82) is 0 Å². The lowest BCUT2D eigenvalue weighted by atomic mass is 10.1. The third kappa shape index (κ3) is 4.87. The predicted molar refractivity (Wildman–Crippen MR) is 99.3 cm³/mol. The minimum atomic E-state index is 0. The van der Waals surface area contributed by atoms with Crippen LogP contribution in [0.4, 0.5) is 0 Å². The molecule has 2 saturated carbocycles. The Morgan fingerprint density at radius 1 is 1.14 bits per heavy atom. The van der Waals surface area contributed by atoms with E-state index in [1.54, 1.807) is 0 Å². The van der Waals surface area contributed by atoms with Gasteiger partial charge in [0.25, 0.3) is 0 Å². The average Bonchev–Trinajstić information content (AvgIpc) is 2.99. The van der Waals surface area contributed by atoms with Gasteiger partial charge in [-0.25, -0.2) is 0 Å². The highest BCUT2D eigenvalue weighted by Gasteiger charge is 2.37. The fourth-order valence-corrected chi connectivity index (χ4v) is 3.18. The van der Waals surface area contributed by atoms with Crippen molar-refractivity contribution in [2.45, 2.75) is 50.6 Å². The molecule has 2 atom stereocenters. The lowest BCUT2D eigenvalue weighted by Gasteiger charge is -2.16. The summed E-state index contributed by atoms with van der Waals surface area (Å²) in [5.74, 6) is 1.76. The van der Waals surface area contributed by atoms with E-state index in [9.17, 15) is 0 Å². The number of benzene rings is 1. The summed E-state index contributed by atoms with van der Waals surface area (Å²) in [5, 5.41) is 7.14. The van der Waals surface area contributed by atoms with E-state index in [1.165, 1.54) is 44.1 Å². The molecule has 0 aliphatic heterocycles. The first-order valence-electron chi connectivity index (χ1n) is 7.89. The minimum Gasteiger partial charge on any atom is -0.354 e. The number of nitrogens with one attached hydrogen (secondary N) is 2. The molecule has 3 nitrogen and oxygen atoms in total. The quantitative estimate of drug-likeness (QED) is 0.463. The molecule has 0 spiro atoms. The highest BCUT2D eigenvalue weighted by Crippen LogP contribution is 2.33. The van der Waals surface area contributed by atoms with Gasteiger partial charge in [-0.3, -0.25) is 4.99 Å². The van der Waals surface area contributed by atoms with E-state index in [0.717, 1.165) is 11.9 Å². The smallest absolute Gasteiger partial charge is 0.191 e. The minimum absolute atomic E-state index is 0. The SMILES string of the molecule is CN=C(NC1CCCC1)NC1CC1Cc1ccccc1.I. The topological polar surface area (TPSA) is 36.4 Å². The molecule has 0 saturated heterocycles. The Hall–Kier alpha value is -0.780. The Bertz CT molecular complexity index is 454. The summed E-state index contributed by atoms with van der Waals surface area (Å²) in [4.78, 5) is 4.37. The number of rotatable bonds is 4. The summed E-state index contributed by atoms with van der Waals surface area (Å²) in [5.41, 5.74) is 1.44. The molecule has 0 aromatic heterocycles. The summed E-state index contributed by atoms with van der Waals surface area (Å²) in [7, 11) is 1.87. The second-order valence-corrected chi connectivity index (χ2v) is 6.13. The summed E-state index contributed by atoms with van der Waals surface area (Å²) in [6.07, 6.45) is 7.74. The third-order valence-electron chi connectivity index (χ3n) is 4.51. The lowest BCUT2D eigenvalue weighted by Crippen LogP contribution is -2.43. The molecule has 2 aliphatic carbocycles. The van der Waals surface area contributed by atoms with Gasteiger partial charge in [-0.05, 0) is 37.2 Å². The Morgan fingerprint density at radius 3 is 2.52 bits per heavy atom. The number of nitrogens with zero attached hydrogens (tertiary/aromatic N) is 1. The Kier molecular flexibility index (Phi) is 6.33. The highest BCUT2D eigenvalue weighted by atomic mass is 127. The molecule has 2 aliphatic rings. The number of aliphatic imine (C=N–C) groups is 1. The number of guanidine groups is 1. The summed E-state index contributed by atoms with van der Waals surface area (Å²) in [6.45, 7) is 0. The van der Waals surface area contributed by atoms with Gasteiger partial charge in [-0.2, -0.15) is 0 Å². The van der Waals surface area contributed by atoms with E-state index in [1.807, 2.05) is 7.05 Å². The maximum absolute atomic E-state index is 4.37. The van der Waals surface area contributed by atoms with Crippen molar-refractivity contribution in [3.05, 3.63) is 35.9 Å². The molecule has 2 unspecified atom stereocenters. The van der Waals surface area contributed by atoms with Gasteiger partial charge in [0.2, 0.25) is 0 Å². The van der Waals surface area contributed by atoms with Crippen molar-refractivity contribution in [3.63, 3.8) is 0 Å². The van der Waals surface area contributed by atoms with Crippen LogP contribution in [0.2, 0.25) is 0 Å². The van der Waals surface area contributed by atoms with Crippen LogP contribution < -0.4 is 10.6 Å². The Balaban J connectivity index is 0.00000161. The van der Waals surface area contributed by atoms with Crippen LogP contribution in [0.25, 0.3) is 0 Å². The molecule has 0 bridgehead atoms. The van der Waals surface area contributed by atoms with E-state index in [4.69, 9.17) is 0 Å². The number of hydrogen-bond donors (Lipinski definition) is 2. The van der Waals surface area contributed by atoms with Crippen LogP contribution in [-0.4, -0.2) is 25.1 Å². The molecule has 0 heterocycles. The zero-order valence-electron chi connectivity index (χ0n) is 12.7. The van der Waals surface area contributed by atoms with Crippen LogP contribution >= 0.6 is 24.0 Å². The van der Waals surface area contributed by atoms with Crippen molar-refractivity contribution in [2.75, 3.05) is 7.05 Å². The van der Waals surface area contributed by atoms with Crippen LogP contribution in [-0.2, 0) is 6.42 Å². The molecule has 0 amide bonds. The number of halogens is 1. The van der Waals surface area contributed by atoms with Gasteiger partial charge in [0, 0.05) is 19.1 Å². The van der Waals surface area contributed by atoms with Gasteiger partial charge in [0.1, 0.15) is 0 Å². The van der Waals surface area contributed by atoms with Gasteiger partial charge in [-0.1, -0.05) is 43.2 Å². The van der Waals surface area contributed by atoms with E-state index >= 15 is 0 Å². The van der Waals surface area contributed by atoms with Gasteiger partial charge in [0.05, 0.1) is 0 Å². The highest BCUT2D eigenvalue weighted by molar-refractivity contribution is 14.0. The molecular formula is C17H26IN3. The van der Waals surface area contributed by atoms with Crippen LogP contribution in [0.3, 0.4) is 0 Å². The summed E-state index contributed by atoms with van der Waals surface area (Å²) in [6, 6.07) is 12.0. The monoisotopic (exact) mass is 399 g/mol. The predicted octanol–water partition coefficient (Wildman–Crippen LogP) is 3.34. The lowest BCUT2D eigenvalue weighted by molar-refractivity contribution is 0.608. The molecule has 2 fully saturated rings. The molecule has 1 aromatic rings. The first-order valence-corrected chi connectivity index (χ1v) is 7.89. The fourth-order valence-electron chi connectivity index (χ4n) is 3.18. The van der Waals surface area contributed by atoms with Gasteiger partial charge >= 0.3 is 0 Å². The molecule has 4 heteroatoms. The van der Waals surface area contributed by atoms with Crippen molar-refractivity contribution in [2.24, 2.45) is 10.9 Å². The summed E-state index contributed by atoms with van der Waals surface area (Å²) < 4.78 is 0. The molecule has 0 radical (unpaired) electrons. The first-order chi connectivity index (χ1) is 9.85. The van der Waals surface area contributed by atoms with Crippen molar-refractivity contribution in [3.8, 4) is 0 Å². The van der Waals surface area contributed by atoms with Gasteiger partial charge < -0.3 is 10.6 Å². The molecular weight excluding hydrogens is 373 g/mol. The zero-order valence-corrected chi connectivity index (χ0v) is 15.0. The maximum atomic E-state index is 4.37. The average molecular weight is 399 g/mol. The second-order valence-electron chi connectivity index (χ2n) is 6.13. The normalized spacial score (nSPS) is 25.3. The van der Waals surface area contributed by atoms with Crippen molar-refractivity contribution in [1.82, 2.24) is 10.6 Å². The van der Waals surface area contributed by atoms with Crippen LogP contribution in [0, 0.1) is 5.92 Å². The molecule has 116 valence electrons. The largest absolute Gasteiger partial charge is 0.354 e. The van der Waals surface area contributed by atoms with Gasteiger partial charge in [-0.15, -0.1) is 24.0 Å². The van der Waals surface area contributed by atoms with E-state index in [-0.39, 0.29) is 24.0 Å². The van der Waals surface area contributed by atoms with Crippen molar-refractivity contribution < 1.29 is 0 Å².